The Labute approximate surface area is 154 Å². The fraction of sp³-hybridized carbons (Fsp3) is 0.105. The van der Waals surface area contributed by atoms with E-state index in [0.717, 1.165) is 16.7 Å². The van der Waals surface area contributed by atoms with Crippen molar-refractivity contribution < 1.29 is 18.7 Å². The molecule has 0 unspecified atom stereocenters. The van der Waals surface area contributed by atoms with Gasteiger partial charge in [-0.1, -0.05) is 12.1 Å². The van der Waals surface area contributed by atoms with Gasteiger partial charge in [-0.2, -0.15) is 0 Å². The van der Waals surface area contributed by atoms with Crippen molar-refractivity contribution in [3.63, 3.8) is 0 Å². The number of amidine groups is 1. The molecule has 0 aliphatic carbocycles. The highest BCUT2D eigenvalue weighted by molar-refractivity contribution is 8.18. The SMILES string of the molecule is COc1ccc(N=C2S/C(=C/c3ccc(F)cc3)C(=O)N2C(C)=O)cc1. The topological polar surface area (TPSA) is 59.0 Å². The first-order valence-electron chi connectivity index (χ1n) is 7.71. The number of ether oxygens (including phenoxy) is 1. The molecule has 1 saturated heterocycles. The molecule has 2 amide bonds. The van der Waals surface area contributed by atoms with E-state index >= 15 is 0 Å². The number of aliphatic imine (C=N–C) groups is 1. The van der Waals surface area contributed by atoms with Crippen LogP contribution >= 0.6 is 11.8 Å². The number of nitrogens with zero attached hydrogens (tertiary/aromatic N) is 2. The Balaban J connectivity index is 1.94. The van der Waals surface area contributed by atoms with Crippen LogP contribution < -0.4 is 4.74 Å². The van der Waals surface area contributed by atoms with E-state index in [1.807, 2.05) is 0 Å². The summed E-state index contributed by atoms with van der Waals surface area (Å²) in [5, 5.41) is 0.279. The van der Waals surface area contributed by atoms with Crippen LogP contribution in [0, 0.1) is 5.82 Å². The van der Waals surface area contributed by atoms with Crippen LogP contribution in [0.25, 0.3) is 6.08 Å². The molecule has 0 radical (unpaired) electrons. The van der Waals surface area contributed by atoms with Crippen LogP contribution in [-0.4, -0.2) is 29.0 Å². The highest BCUT2D eigenvalue weighted by Gasteiger charge is 2.36. The zero-order chi connectivity index (χ0) is 18.7. The minimum Gasteiger partial charge on any atom is -0.497 e. The predicted molar refractivity (Wildman–Crippen MR) is 99.6 cm³/mol. The number of amides is 2. The van der Waals surface area contributed by atoms with E-state index in [4.69, 9.17) is 4.74 Å². The number of methoxy groups -OCH3 is 1. The smallest absolute Gasteiger partial charge is 0.273 e. The molecular weight excluding hydrogens is 355 g/mol. The number of thioether (sulfide) groups is 1. The maximum atomic E-state index is 13.0. The molecule has 0 saturated carbocycles. The average molecular weight is 370 g/mol. The minimum absolute atomic E-state index is 0.279. The summed E-state index contributed by atoms with van der Waals surface area (Å²) in [5.74, 6) is -0.537. The Morgan fingerprint density at radius 1 is 1.15 bits per heavy atom. The van der Waals surface area contributed by atoms with Gasteiger partial charge in [0, 0.05) is 6.92 Å². The number of carbonyl (C=O) groups is 2. The second kappa shape index (κ2) is 7.53. The Morgan fingerprint density at radius 3 is 2.38 bits per heavy atom. The number of rotatable bonds is 3. The van der Waals surface area contributed by atoms with Crippen LogP contribution in [0.1, 0.15) is 12.5 Å². The molecule has 1 aliphatic rings. The summed E-state index contributed by atoms with van der Waals surface area (Å²) in [6.45, 7) is 1.31. The maximum absolute atomic E-state index is 13.0. The van der Waals surface area contributed by atoms with Gasteiger partial charge in [-0.25, -0.2) is 14.3 Å². The molecule has 2 aromatic rings. The lowest BCUT2D eigenvalue weighted by Crippen LogP contribution is -2.33. The molecule has 1 aliphatic heterocycles. The first-order chi connectivity index (χ1) is 12.5. The standard InChI is InChI=1S/C19H15FN2O3S/c1-12(23)22-18(24)17(11-13-3-5-14(20)6-4-13)26-19(22)21-15-7-9-16(25-2)10-8-15/h3-11H,1-2H3/b17-11+,21-19?. The van der Waals surface area contributed by atoms with Crippen LogP contribution in [0.4, 0.5) is 10.1 Å². The van der Waals surface area contributed by atoms with E-state index in [-0.39, 0.29) is 11.0 Å². The second-order valence-electron chi connectivity index (χ2n) is 5.41. The zero-order valence-electron chi connectivity index (χ0n) is 14.1. The number of hydrogen-bond donors (Lipinski definition) is 0. The third kappa shape index (κ3) is 3.83. The summed E-state index contributed by atoms with van der Waals surface area (Å²) >= 11 is 1.10. The van der Waals surface area contributed by atoms with Crippen LogP contribution in [0.5, 0.6) is 5.75 Å². The molecule has 7 heteroatoms. The molecule has 0 atom stereocenters. The van der Waals surface area contributed by atoms with Gasteiger partial charge in [0.2, 0.25) is 5.91 Å². The van der Waals surface area contributed by atoms with E-state index in [1.54, 1.807) is 49.6 Å². The zero-order valence-corrected chi connectivity index (χ0v) is 14.9. The molecule has 3 rings (SSSR count). The molecule has 1 fully saturated rings. The number of hydrogen-bond acceptors (Lipinski definition) is 5. The van der Waals surface area contributed by atoms with E-state index < -0.39 is 11.8 Å². The lowest BCUT2D eigenvalue weighted by molar-refractivity contribution is -0.135. The van der Waals surface area contributed by atoms with Gasteiger partial charge >= 0.3 is 0 Å². The molecular formula is C19H15FN2O3S. The van der Waals surface area contributed by atoms with Gasteiger partial charge in [0.15, 0.2) is 5.17 Å². The number of halogens is 1. The Hall–Kier alpha value is -2.93. The minimum atomic E-state index is -0.445. The molecule has 2 aromatic carbocycles. The van der Waals surface area contributed by atoms with Crippen molar-refractivity contribution in [1.29, 1.82) is 0 Å². The van der Waals surface area contributed by atoms with E-state index in [0.29, 0.717) is 21.9 Å². The van der Waals surface area contributed by atoms with E-state index in [1.165, 1.54) is 19.1 Å². The van der Waals surface area contributed by atoms with Gasteiger partial charge in [0.25, 0.3) is 5.91 Å². The van der Waals surface area contributed by atoms with Crippen molar-refractivity contribution in [1.82, 2.24) is 4.90 Å². The van der Waals surface area contributed by atoms with Crippen molar-refractivity contribution in [3.05, 3.63) is 64.8 Å². The van der Waals surface area contributed by atoms with Gasteiger partial charge in [-0.05, 0) is 59.8 Å². The quantitative estimate of drug-likeness (QED) is 0.767. The van der Waals surface area contributed by atoms with Gasteiger partial charge in [-0.15, -0.1) is 0 Å². The first-order valence-corrected chi connectivity index (χ1v) is 8.52. The molecule has 0 aromatic heterocycles. The summed E-state index contributed by atoms with van der Waals surface area (Å²) in [4.78, 5) is 30.3. The highest BCUT2D eigenvalue weighted by Crippen LogP contribution is 2.34. The van der Waals surface area contributed by atoms with Gasteiger partial charge in [0.1, 0.15) is 11.6 Å². The first kappa shape index (κ1) is 17.9. The van der Waals surface area contributed by atoms with E-state index in [2.05, 4.69) is 4.99 Å². The van der Waals surface area contributed by atoms with Gasteiger partial charge in [0.05, 0.1) is 17.7 Å². The predicted octanol–water partition coefficient (Wildman–Crippen LogP) is 3.98. The van der Waals surface area contributed by atoms with Crippen molar-refractivity contribution in [2.45, 2.75) is 6.92 Å². The third-order valence-electron chi connectivity index (χ3n) is 3.59. The van der Waals surface area contributed by atoms with Crippen LogP contribution in [0.2, 0.25) is 0 Å². The number of benzene rings is 2. The molecule has 0 spiro atoms. The third-order valence-corrected chi connectivity index (χ3v) is 4.56. The molecule has 0 N–H and O–H groups in total. The Kier molecular flexibility index (Phi) is 5.18. The average Bonchev–Trinajstić information content (AvgIpc) is 2.93. The highest BCUT2D eigenvalue weighted by atomic mass is 32.2. The summed E-state index contributed by atoms with van der Waals surface area (Å²) in [6.07, 6.45) is 1.61. The van der Waals surface area contributed by atoms with E-state index in [9.17, 15) is 14.0 Å². The lowest BCUT2D eigenvalue weighted by Gasteiger charge is -2.10. The van der Waals surface area contributed by atoms with Crippen molar-refractivity contribution in [3.8, 4) is 5.75 Å². The largest absolute Gasteiger partial charge is 0.497 e. The van der Waals surface area contributed by atoms with Crippen molar-refractivity contribution in [2.75, 3.05) is 7.11 Å². The molecule has 132 valence electrons. The van der Waals surface area contributed by atoms with Gasteiger partial charge in [-0.3, -0.25) is 9.59 Å². The number of carbonyl (C=O) groups excluding carboxylic acids is 2. The normalized spacial score (nSPS) is 17.2. The maximum Gasteiger partial charge on any atom is 0.273 e. The molecule has 5 nitrogen and oxygen atoms in total. The van der Waals surface area contributed by atoms with Crippen LogP contribution in [0.15, 0.2) is 58.4 Å². The van der Waals surface area contributed by atoms with Gasteiger partial charge < -0.3 is 4.74 Å². The molecule has 0 bridgehead atoms. The van der Waals surface area contributed by atoms with Crippen molar-refractivity contribution >= 4 is 40.5 Å². The summed E-state index contributed by atoms with van der Waals surface area (Å²) in [6, 6.07) is 12.7. The second-order valence-corrected chi connectivity index (χ2v) is 6.42. The van der Waals surface area contributed by atoms with Crippen LogP contribution in [0.3, 0.4) is 0 Å². The monoisotopic (exact) mass is 370 g/mol. The summed E-state index contributed by atoms with van der Waals surface area (Å²) in [5.41, 5.74) is 1.26. The summed E-state index contributed by atoms with van der Waals surface area (Å²) < 4.78 is 18.1. The molecule has 1 heterocycles. The Morgan fingerprint density at radius 2 is 1.81 bits per heavy atom. The number of imide groups is 1. The lowest BCUT2D eigenvalue weighted by atomic mass is 10.2. The molecule has 26 heavy (non-hydrogen) atoms. The van der Waals surface area contributed by atoms with Crippen molar-refractivity contribution in [2.24, 2.45) is 4.99 Å². The Bertz CT molecular complexity index is 905. The summed E-state index contributed by atoms with van der Waals surface area (Å²) in [7, 11) is 1.57. The fourth-order valence-corrected chi connectivity index (χ4v) is 3.33. The van der Waals surface area contributed by atoms with Crippen LogP contribution in [-0.2, 0) is 9.59 Å². The fourth-order valence-electron chi connectivity index (χ4n) is 2.30.